The molecule has 0 aromatic carbocycles. The zero-order valence-corrected chi connectivity index (χ0v) is 10.2. The number of hydrogen-bond donors (Lipinski definition) is 0. The summed E-state index contributed by atoms with van der Waals surface area (Å²) in [6.07, 6.45) is 2.45. The van der Waals surface area contributed by atoms with E-state index in [2.05, 4.69) is 27.7 Å². The van der Waals surface area contributed by atoms with Crippen LogP contribution in [0.3, 0.4) is 0 Å². The highest BCUT2D eigenvalue weighted by Gasteiger charge is 2.30. The number of Topliss-reactive ketones (excluding diaryl/α,β-unsaturated/α-hetero) is 1. The van der Waals surface area contributed by atoms with Gasteiger partial charge < -0.3 is 4.74 Å². The third-order valence-electron chi connectivity index (χ3n) is 2.19. The minimum atomic E-state index is -0.237. The summed E-state index contributed by atoms with van der Waals surface area (Å²) in [5.41, 5.74) is -0.0825. The molecule has 0 rings (SSSR count). The Hall–Kier alpha value is -0.370. The lowest BCUT2D eigenvalue weighted by atomic mass is 9.85. The van der Waals surface area contributed by atoms with Crippen LogP contribution in [0.15, 0.2) is 0 Å². The quantitative estimate of drug-likeness (QED) is 0.658. The van der Waals surface area contributed by atoms with Gasteiger partial charge in [-0.2, -0.15) is 0 Å². The van der Waals surface area contributed by atoms with Crippen molar-refractivity contribution < 1.29 is 9.53 Å². The Labute approximate surface area is 88.0 Å². The molecule has 0 saturated carbocycles. The largest absolute Gasteiger partial charge is 0.370 e. The zero-order chi connectivity index (χ0) is 11.2. The van der Waals surface area contributed by atoms with Crippen molar-refractivity contribution in [2.24, 2.45) is 5.41 Å². The molecule has 0 fully saturated rings. The first-order valence-electron chi connectivity index (χ1n) is 5.57. The normalized spacial score (nSPS) is 14.1. The number of ether oxygens (including phenoxy) is 1. The van der Waals surface area contributed by atoms with Crippen LogP contribution in [-0.4, -0.2) is 18.5 Å². The van der Waals surface area contributed by atoms with Crippen molar-refractivity contribution in [3.8, 4) is 0 Å². The molecule has 0 amide bonds. The van der Waals surface area contributed by atoms with Gasteiger partial charge in [0.25, 0.3) is 0 Å². The van der Waals surface area contributed by atoms with Crippen LogP contribution in [0.2, 0.25) is 0 Å². The fourth-order valence-electron chi connectivity index (χ4n) is 1.47. The van der Waals surface area contributed by atoms with E-state index in [0.29, 0.717) is 13.0 Å². The van der Waals surface area contributed by atoms with Gasteiger partial charge in [-0.3, -0.25) is 4.79 Å². The lowest BCUT2D eigenvalue weighted by Crippen LogP contribution is -2.37. The third kappa shape index (κ3) is 4.75. The molecule has 2 nitrogen and oxygen atoms in total. The van der Waals surface area contributed by atoms with Crippen LogP contribution in [0.4, 0.5) is 0 Å². The summed E-state index contributed by atoms with van der Waals surface area (Å²) < 4.78 is 5.52. The molecule has 0 aliphatic carbocycles. The molecule has 0 aromatic heterocycles. The average Bonchev–Trinajstić information content (AvgIpc) is 2.08. The first kappa shape index (κ1) is 13.6. The topological polar surface area (TPSA) is 26.3 Å². The molecule has 14 heavy (non-hydrogen) atoms. The highest BCUT2D eigenvalue weighted by atomic mass is 16.5. The van der Waals surface area contributed by atoms with Gasteiger partial charge in [-0.15, -0.1) is 0 Å². The van der Waals surface area contributed by atoms with E-state index < -0.39 is 0 Å². The van der Waals surface area contributed by atoms with E-state index in [1.54, 1.807) is 0 Å². The first-order valence-corrected chi connectivity index (χ1v) is 5.57. The van der Waals surface area contributed by atoms with Crippen LogP contribution in [0.5, 0.6) is 0 Å². The van der Waals surface area contributed by atoms with Crippen molar-refractivity contribution in [1.29, 1.82) is 0 Å². The van der Waals surface area contributed by atoms with E-state index in [4.69, 9.17) is 4.74 Å². The Morgan fingerprint density at radius 3 is 2.21 bits per heavy atom. The van der Waals surface area contributed by atoms with Crippen molar-refractivity contribution in [3.05, 3.63) is 0 Å². The van der Waals surface area contributed by atoms with Crippen molar-refractivity contribution in [2.45, 2.75) is 60.0 Å². The number of rotatable bonds is 6. The number of carbonyl (C=O) groups is 1. The maximum atomic E-state index is 11.8. The summed E-state index contributed by atoms with van der Waals surface area (Å²) in [6, 6.07) is 0. The van der Waals surface area contributed by atoms with Crippen LogP contribution < -0.4 is 0 Å². The average molecular weight is 200 g/mol. The van der Waals surface area contributed by atoms with Crippen molar-refractivity contribution in [3.63, 3.8) is 0 Å². The van der Waals surface area contributed by atoms with E-state index in [-0.39, 0.29) is 17.3 Å². The van der Waals surface area contributed by atoms with E-state index >= 15 is 0 Å². The predicted molar refractivity (Wildman–Crippen MR) is 59.4 cm³/mol. The van der Waals surface area contributed by atoms with Crippen LogP contribution in [0.25, 0.3) is 0 Å². The van der Waals surface area contributed by atoms with Crippen LogP contribution in [-0.2, 0) is 9.53 Å². The van der Waals surface area contributed by atoms with Crippen LogP contribution in [0.1, 0.15) is 53.9 Å². The van der Waals surface area contributed by atoms with E-state index in [1.165, 1.54) is 0 Å². The fourth-order valence-corrected chi connectivity index (χ4v) is 1.47. The van der Waals surface area contributed by atoms with Crippen LogP contribution >= 0.6 is 0 Å². The molecule has 0 aromatic rings. The van der Waals surface area contributed by atoms with E-state index in [1.807, 2.05) is 6.92 Å². The van der Waals surface area contributed by atoms with Gasteiger partial charge >= 0.3 is 0 Å². The van der Waals surface area contributed by atoms with Gasteiger partial charge in [0.1, 0.15) is 6.10 Å². The summed E-state index contributed by atoms with van der Waals surface area (Å²) in [5, 5.41) is 0. The molecular formula is C12H24O2. The minimum absolute atomic E-state index is 0.0825. The van der Waals surface area contributed by atoms with Gasteiger partial charge in [0.15, 0.2) is 5.78 Å². The molecule has 0 saturated heterocycles. The Bertz CT molecular complexity index is 168. The highest BCUT2D eigenvalue weighted by molar-refractivity contribution is 5.83. The van der Waals surface area contributed by atoms with Gasteiger partial charge in [0.2, 0.25) is 0 Å². The molecule has 1 atom stereocenters. The number of carbonyl (C=O) groups excluding carboxylic acids is 1. The van der Waals surface area contributed by atoms with Crippen molar-refractivity contribution in [1.82, 2.24) is 0 Å². The van der Waals surface area contributed by atoms with Gasteiger partial charge in [0, 0.05) is 13.0 Å². The smallest absolute Gasteiger partial charge is 0.162 e. The molecular weight excluding hydrogens is 176 g/mol. The molecule has 0 aliphatic heterocycles. The lowest BCUT2D eigenvalue weighted by Gasteiger charge is -2.29. The molecule has 0 bridgehead atoms. The second-order valence-electron chi connectivity index (χ2n) is 4.77. The van der Waals surface area contributed by atoms with E-state index in [0.717, 1.165) is 12.8 Å². The van der Waals surface area contributed by atoms with Gasteiger partial charge in [-0.05, 0) is 18.8 Å². The van der Waals surface area contributed by atoms with Gasteiger partial charge in [-0.25, -0.2) is 0 Å². The summed E-state index contributed by atoms with van der Waals surface area (Å²) >= 11 is 0. The third-order valence-corrected chi connectivity index (χ3v) is 2.19. The number of hydrogen-bond acceptors (Lipinski definition) is 2. The Morgan fingerprint density at radius 2 is 1.86 bits per heavy atom. The van der Waals surface area contributed by atoms with E-state index in [9.17, 15) is 4.79 Å². The molecule has 2 heteroatoms. The monoisotopic (exact) mass is 200 g/mol. The van der Waals surface area contributed by atoms with Crippen LogP contribution in [0, 0.1) is 5.41 Å². The second kappa shape index (κ2) is 6.18. The molecule has 0 radical (unpaired) electrons. The maximum Gasteiger partial charge on any atom is 0.162 e. The SMILES string of the molecule is CCCCC(=O)C(OCC)C(C)(C)C. The highest BCUT2D eigenvalue weighted by Crippen LogP contribution is 2.24. The molecule has 0 spiro atoms. The predicted octanol–water partition coefficient (Wildman–Crippen LogP) is 3.20. The second-order valence-corrected chi connectivity index (χ2v) is 4.77. The summed E-state index contributed by atoms with van der Waals surface area (Å²) in [4.78, 5) is 11.8. The van der Waals surface area contributed by atoms with Crippen molar-refractivity contribution >= 4 is 5.78 Å². The van der Waals surface area contributed by atoms with Crippen molar-refractivity contribution in [2.75, 3.05) is 6.61 Å². The Balaban J connectivity index is 4.26. The number of ketones is 1. The Morgan fingerprint density at radius 1 is 1.29 bits per heavy atom. The first-order chi connectivity index (χ1) is 6.43. The summed E-state index contributed by atoms with van der Waals surface area (Å²) in [7, 11) is 0. The summed E-state index contributed by atoms with van der Waals surface area (Å²) in [6.45, 7) is 10.8. The molecule has 84 valence electrons. The molecule has 1 unspecified atom stereocenters. The standard InChI is InChI=1S/C12H24O2/c1-6-8-9-10(13)11(14-7-2)12(3,4)5/h11H,6-9H2,1-5H3. The lowest BCUT2D eigenvalue weighted by molar-refractivity contribution is -0.137. The maximum absolute atomic E-state index is 11.8. The minimum Gasteiger partial charge on any atom is -0.370 e. The number of unbranched alkanes of at least 4 members (excludes halogenated alkanes) is 1. The molecule has 0 heterocycles. The summed E-state index contributed by atoms with van der Waals surface area (Å²) in [5.74, 6) is 0.251. The zero-order valence-electron chi connectivity index (χ0n) is 10.2. The van der Waals surface area contributed by atoms with Gasteiger partial charge in [-0.1, -0.05) is 34.1 Å². The molecule has 0 aliphatic rings. The fraction of sp³-hybridized carbons (Fsp3) is 0.917. The molecule has 0 N–H and O–H groups in total. The Kier molecular flexibility index (Phi) is 6.01. The van der Waals surface area contributed by atoms with Gasteiger partial charge in [0.05, 0.1) is 0 Å².